The minimum Gasteiger partial charge on any atom is -0.377 e. The summed E-state index contributed by atoms with van der Waals surface area (Å²) in [7, 11) is 1.67. The molecule has 0 aliphatic heterocycles. The zero-order valence-corrected chi connectivity index (χ0v) is 8.81. The highest BCUT2D eigenvalue weighted by atomic mass is 16.5. The molecular weight excluding hydrogens is 190 g/mol. The highest BCUT2D eigenvalue weighted by molar-refractivity contribution is 5.75. The van der Waals surface area contributed by atoms with Gasteiger partial charge >= 0.3 is 0 Å². The van der Waals surface area contributed by atoms with Crippen molar-refractivity contribution in [2.24, 2.45) is 5.73 Å². The van der Waals surface area contributed by atoms with Crippen molar-refractivity contribution in [3.05, 3.63) is 30.1 Å². The van der Waals surface area contributed by atoms with Gasteiger partial charge in [-0.25, -0.2) is 4.98 Å². The maximum atomic E-state index is 5.59. The number of methoxy groups -OCH3 is 1. The summed E-state index contributed by atoms with van der Waals surface area (Å²) in [5, 5.41) is 0. The molecule has 0 unspecified atom stereocenters. The molecule has 15 heavy (non-hydrogen) atoms. The summed E-state index contributed by atoms with van der Waals surface area (Å²) >= 11 is 0. The van der Waals surface area contributed by atoms with Crippen LogP contribution in [0.5, 0.6) is 0 Å². The van der Waals surface area contributed by atoms with Crippen LogP contribution in [0.1, 0.15) is 5.82 Å². The Morgan fingerprint density at radius 2 is 2.20 bits per heavy atom. The van der Waals surface area contributed by atoms with Crippen LogP contribution in [0.15, 0.2) is 24.3 Å². The zero-order valence-electron chi connectivity index (χ0n) is 8.81. The summed E-state index contributed by atoms with van der Waals surface area (Å²) in [4.78, 5) is 4.50. The van der Waals surface area contributed by atoms with Crippen LogP contribution in [0.2, 0.25) is 0 Å². The minimum atomic E-state index is 0.523. The Morgan fingerprint density at radius 3 is 2.93 bits per heavy atom. The predicted octanol–water partition coefficient (Wildman–Crippen LogP) is 1.14. The van der Waals surface area contributed by atoms with Gasteiger partial charge in [0.15, 0.2) is 0 Å². The molecule has 4 heteroatoms. The van der Waals surface area contributed by atoms with Crippen LogP contribution in [0.4, 0.5) is 0 Å². The van der Waals surface area contributed by atoms with Crippen LogP contribution in [-0.4, -0.2) is 23.2 Å². The number of ether oxygens (including phenoxy) is 1. The van der Waals surface area contributed by atoms with E-state index in [1.54, 1.807) is 7.11 Å². The molecular formula is C11H15N3O. The fourth-order valence-corrected chi connectivity index (χ4v) is 1.74. The molecule has 0 spiro atoms. The molecule has 2 aromatic rings. The van der Waals surface area contributed by atoms with E-state index in [4.69, 9.17) is 10.5 Å². The van der Waals surface area contributed by atoms with Gasteiger partial charge in [0.2, 0.25) is 0 Å². The number of aromatic nitrogens is 2. The van der Waals surface area contributed by atoms with Crippen molar-refractivity contribution in [3.8, 4) is 0 Å². The Balaban J connectivity index is 2.53. The standard InChI is InChI=1S/C11H15N3O/c1-15-8-11-13-9-4-2-3-5-10(9)14(11)7-6-12/h2-5H,6-8,12H2,1H3. The first-order chi connectivity index (χ1) is 7.36. The topological polar surface area (TPSA) is 53.1 Å². The van der Waals surface area contributed by atoms with Crippen molar-refractivity contribution < 1.29 is 4.74 Å². The smallest absolute Gasteiger partial charge is 0.136 e. The number of para-hydroxylation sites is 2. The van der Waals surface area contributed by atoms with Crippen molar-refractivity contribution in [3.63, 3.8) is 0 Å². The number of benzene rings is 1. The zero-order chi connectivity index (χ0) is 10.7. The van der Waals surface area contributed by atoms with Crippen LogP contribution in [0, 0.1) is 0 Å². The van der Waals surface area contributed by atoms with Crippen molar-refractivity contribution in [1.29, 1.82) is 0 Å². The lowest BCUT2D eigenvalue weighted by Crippen LogP contribution is -2.12. The van der Waals surface area contributed by atoms with Crippen molar-refractivity contribution in [2.75, 3.05) is 13.7 Å². The monoisotopic (exact) mass is 205 g/mol. The molecule has 0 fully saturated rings. The molecule has 0 bridgehead atoms. The lowest BCUT2D eigenvalue weighted by molar-refractivity contribution is 0.175. The summed E-state index contributed by atoms with van der Waals surface area (Å²) in [5.74, 6) is 0.934. The number of imidazole rings is 1. The minimum absolute atomic E-state index is 0.523. The normalized spacial score (nSPS) is 11.1. The Bertz CT molecular complexity index is 450. The van der Waals surface area contributed by atoms with Crippen molar-refractivity contribution in [1.82, 2.24) is 9.55 Å². The SMILES string of the molecule is COCc1nc2ccccc2n1CCN. The maximum Gasteiger partial charge on any atom is 0.136 e. The number of nitrogens with zero attached hydrogens (tertiary/aromatic N) is 2. The lowest BCUT2D eigenvalue weighted by Gasteiger charge is -2.06. The molecule has 0 aliphatic carbocycles. The third kappa shape index (κ3) is 1.86. The molecule has 0 saturated heterocycles. The van der Waals surface area contributed by atoms with E-state index < -0.39 is 0 Å². The Kier molecular flexibility index (Phi) is 2.99. The van der Waals surface area contributed by atoms with E-state index in [1.165, 1.54) is 0 Å². The van der Waals surface area contributed by atoms with Gasteiger partial charge in [-0.2, -0.15) is 0 Å². The van der Waals surface area contributed by atoms with Crippen LogP contribution < -0.4 is 5.73 Å². The van der Waals surface area contributed by atoms with Gasteiger partial charge in [-0.15, -0.1) is 0 Å². The maximum absolute atomic E-state index is 5.59. The van der Waals surface area contributed by atoms with Crippen molar-refractivity contribution in [2.45, 2.75) is 13.2 Å². The third-order valence-corrected chi connectivity index (χ3v) is 2.36. The second kappa shape index (κ2) is 4.42. The van der Waals surface area contributed by atoms with E-state index in [2.05, 4.69) is 15.6 Å². The van der Waals surface area contributed by atoms with Crippen LogP contribution in [0.3, 0.4) is 0 Å². The van der Waals surface area contributed by atoms with Gasteiger partial charge in [0.05, 0.1) is 11.0 Å². The summed E-state index contributed by atoms with van der Waals surface area (Å²) in [5.41, 5.74) is 7.70. The van der Waals surface area contributed by atoms with E-state index in [0.29, 0.717) is 13.2 Å². The Morgan fingerprint density at radius 1 is 1.40 bits per heavy atom. The number of rotatable bonds is 4. The summed E-state index contributed by atoms with van der Waals surface area (Å²) in [6.45, 7) is 1.91. The summed E-state index contributed by atoms with van der Waals surface area (Å²) in [6, 6.07) is 8.05. The lowest BCUT2D eigenvalue weighted by atomic mass is 10.3. The second-order valence-corrected chi connectivity index (χ2v) is 3.39. The van der Waals surface area contributed by atoms with E-state index >= 15 is 0 Å². The van der Waals surface area contributed by atoms with E-state index in [0.717, 1.165) is 23.4 Å². The van der Waals surface area contributed by atoms with Gasteiger partial charge in [-0.1, -0.05) is 12.1 Å². The molecule has 0 atom stereocenters. The average Bonchev–Trinajstić information content (AvgIpc) is 2.59. The second-order valence-electron chi connectivity index (χ2n) is 3.39. The fraction of sp³-hybridized carbons (Fsp3) is 0.364. The number of hydrogen-bond donors (Lipinski definition) is 1. The molecule has 0 amide bonds. The van der Waals surface area contributed by atoms with Gasteiger partial charge in [-0.05, 0) is 12.1 Å². The Labute approximate surface area is 88.7 Å². The van der Waals surface area contributed by atoms with Crippen LogP contribution in [-0.2, 0) is 17.9 Å². The Hall–Kier alpha value is -1.39. The molecule has 1 aromatic heterocycles. The van der Waals surface area contributed by atoms with Gasteiger partial charge in [0.25, 0.3) is 0 Å². The summed E-state index contributed by atoms with van der Waals surface area (Å²) in [6.07, 6.45) is 0. The average molecular weight is 205 g/mol. The molecule has 80 valence electrons. The molecule has 0 aliphatic rings. The first-order valence-electron chi connectivity index (χ1n) is 5.00. The van der Waals surface area contributed by atoms with E-state index in [1.807, 2.05) is 18.2 Å². The molecule has 0 radical (unpaired) electrons. The first kappa shape index (κ1) is 10.1. The number of nitrogens with two attached hydrogens (primary N) is 1. The molecule has 0 saturated carbocycles. The summed E-state index contributed by atoms with van der Waals surface area (Å²) < 4.78 is 7.23. The molecule has 2 rings (SSSR count). The molecule has 4 nitrogen and oxygen atoms in total. The van der Waals surface area contributed by atoms with E-state index in [9.17, 15) is 0 Å². The van der Waals surface area contributed by atoms with Gasteiger partial charge in [0, 0.05) is 20.2 Å². The highest BCUT2D eigenvalue weighted by Gasteiger charge is 2.08. The van der Waals surface area contributed by atoms with Crippen LogP contribution >= 0.6 is 0 Å². The number of hydrogen-bond acceptors (Lipinski definition) is 3. The molecule has 1 heterocycles. The predicted molar refractivity (Wildman–Crippen MR) is 59.5 cm³/mol. The largest absolute Gasteiger partial charge is 0.377 e. The van der Waals surface area contributed by atoms with E-state index in [-0.39, 0.29) is 0 Å². The molecule has 1 aromatic carbocycles. The highest BCUT2D eigenvalue weighted by Crippen LogP contribution is 2.15. The van der Waals surface area contributed by atoms with Gasteiger partial charge in [-0.3, -0.25) is 0 Å². The van der Waals surface area contributed by atoms with Gasteiger partial charge < -0.3 is 15.0 Å². The van der Waals surface area contributed by atoms with Crippen molar-refractivity contribution >= 4 is 11.0 Å². The van der Waals surface area contributed by atoms with Crippen LogP contribution in [0.25, 0.3) is 11.0 Å². The fourth-order valence-electron chi connectivity index (χ4n) is 1.74. The van der Waals surface area contributed by atoms with Gasteiger partial charge in [0.1, 0.15) is 12.4 Å². The quantitative estimate of drug-likeness (QED) is 0.814. The first-order valence-corrected chi connectivity index (χ1v) is 5.00. The number of fused-ring (bicyclic) bond motifs is 1. The molecule has 2 N–H and O–H groups in total. The third-order valence-electron chi connectivity index (χ3n) is 2.36.